The van der Waals surface area contributed by atoms with E-state index in [1.807, 2.05) is 0 Å². The summed E-state index contributed by atoms with van der Waals surface area (Å²) in [7, 11) is 1.55. The van der Waals surface area contributed by atoms with E-state index in [1.54, 1.807) is 25.3 Å². The van der Waals surface area contributed by atoms with E-state index in [4.69, 9.17) is 16.3 Å². The molecule has 1 aliphatic carbocycles. The van der Waals surface area contributed by atoms with Crippen LogP contribution in [0.25, 0.3) is 0 Å². The zero-order chi connectivity index (χ0) is 13.0. The maximum atomic E-state index is 11.7. The fourth-order valence-corrected chi connectivity index (χ4v) is 1.85. The Morgan fingerprint density at radius 3 is 2.94 bits per heavy atom. The van der Waals surface area contributed by atoms with Crippen molar-refractivity contribution in [3.8, 4) is 5.75 Å². The van der Waals surface area contributed by atoms with Gasteiger partial charge < -0.3 is 15.4 Å². The molecule has 1 amide bonds. The number of rotatable bonds is 6. The molecule has 1 saturated carbocycles. The first-order valence-electron chi connectivity index (χ1n) is 6.03. The second-order valence-corrected chi connectivity index (χ2v) is 4.88. The number of ether oxygens (including phenoxy) is 1. The molecule has 98 valence electrons. The van der Waals surface area contributed by atoms with Gasteiger partial charge in [0.25, 0.3) is 0 Å². The Hall–Kier alpha value is -1.26. The van der Waals surface area contributed by atoms with Crippen molar-refractivity contribution < 1.29 is 9.53 Å². The Balaban J connectivity index is 1.81. The van der Waals surface area contributed by atoms with E-state index >= 15 is 0 Å². The molecule has 0 spiro atoms. The van der Waals surface area contributed by atoms with Gasteiger partial charge in [-0.1, -0.05) is 11.6 Å². The third kappa shape index (κ3) is 3.89. The summed E-state index contributed by atoms with van der Waals surface area (Å²) < 4.78 is 5.09. The lowest BCUT2D eigenvalue weighted by atomic mass is 10.3. The predicted molar refractivity (Wildman–Crippen MR) is 72.2 cm³/mol. The Kier molecular flexibility index (Phi) is 4.44. The maximum absolute atomic E-state index is 11.7. The molecule has 1 aromatic carbocycles. The molecule has 1 aromatic rings. The highest BCUT2D eigenvalue weighted by molar-refractivity contribution is 6.32. The third-order valence-electron chi connectivity index (χ3n) is 2.85. The predicted octanol–water partition coefficient (Wildman–Crippen LogP) is 2.29. The van der Waals surface area contributed by atoms with Crippen LogP contribution in [0.1, 0.15) is 12.8 Å². The standard InChI is InChI=1S/C13H17ClN2O2/c1-18-12-6-10(4-5-11(12)14)16-13(17)8-15-7-9-2-3-9/h4-6,9,15H,2-3,7-8H2,1H3,(H,16,17). The SMILES string of the molecule is COc1cc(NC(=O)CNCC2CC2)ccc1Cl. The number of halogens is 1. The van der Waals surface area contributed by atoms with Crippen LogP contribution in [-0.4, -0.2) is 26.1 Å². The van der Waals surface area contributed by atoms with Gasteiger partial charge in [0.1, 0.15) is 5.75 Å². The number of methoxy groups -OCH3 is 1. The molecule has 0 aromatic heterocycles. The second-order valence-electron chi connectivity index (χ2n) is 4.47. The molecule has 0 radical (unpaired) electrons. The molecule has 2 rings (SSSR count). The molecular weight excluding hydrogens is 252 g/mol. The number of benzene rings is 1. The van der Waals surface area contributed by atoms with Gasteiger partial charge in [-0.05, 0) is 37.4 Å². The van der Waals surface area contributed by atoms with Crippen LogP contribution in [0.3, 0.4) is 0 Å². The van der Waals surface area contributed by atoms with E-state index in [2.05, 4.69) is 10.6 Å². The molecule has 18 heavy (non-hydrogen) atoms. The summed E-state index contributed by atoms with van der Waals surface area (Å²) in [6.45, 7) is 1.26. The van der Waals surface area contributed by atoms with Gasteiger partial charge in [0, 0.05) is 11.8 Å². The van der Waals surface area contributed by atoms with E-state index in [0.717, 1.165) is 12.5 Å². The quantitative estimate of drug-likeness (QED) is 0.832. The van der Waals surface area contributed by atoms with Crippen LogP contribution in [0, 0.1) is 5.92 Å². The van der Waals surface area contributed by atoms with Crippen LogP contribution in [-0.2, 0) is 4.79 Å². The van der Waals surface area contributed by atoms with Gasteiger partial charge >= 0.3 is 0 Å². The van der Waals surface area contributed by atoms with Gasteiger partial charge in [0.15, 0.2) is 0 Å². The van der Waals surface area contributed by atoms with Crippen molar-refractivity contribution in [3.05, 3.63) is 23.2 Å². The minimum Gasteiger partial charge on any atom is -0.495 e. The highest BCUT2D eigenvalue weighted by Crippen LogP contribution is 2.28. The van der Waals surface area contributed by atoms with E-state index in [-0.39, 0.29) is 5.91 Å². The van der Waals surface area contributed by atoms with Crippen molar-refractivity contribution in [2.75, 3.05) is 25.5 Å². The van der Waals surface area contributed by atoms with Crippen molar-refractivity contribution in [2.24, 2.45) is 5.92 Å². The monoisotopic (exact) mass is 268 g/mol. The van der Waals surface area contributed by atoms with Crippen molar-refractivity contribution in [3.63, 3.8) is 0 Å². The van der Waals surface area contributed by atoms with Gasteiger partial charge in [-0.2, -0.15) is 0 Å². The van der Waals surface area contributed by atoms with Crippen molar-refractivity contribution >= 4 is 23.2 Å². The van der Waals surface area contributed by atoms with Crippen LogP contribution in [0.5, 0.6) is 5.75 Å². The zero-order valence-corrected chi connectivity index (χ0v) is 11.1. The number of anilines is 1. The number of nitrogens with one attached hydrogen (secondary N) is 2. The highest BCUT2D eigenvalue weighted by atomic mass is 35.5. The van der Waals surface area contributed by atoms with Gasteiger partial charge in [-0.3, -0.25) is 4.79 Å². The molecule has 0 atom stereocenters. The summed E-state index contributed by atoms with van der Waals surface area (Å²) in [5, 5.41) is 6.47. The highest BCUT2D eigenvalue weighted by Gasteiger charge is 2.20. The largest absolute Gasteiger partial charge is 0.495 e. The lowest BCUT2D eigenvalue weighted by Gasteiger charge is -2.09. The average Bonchev–Trinajstić information content (AvgIpc) is 3.15. The Labute approximate surface area is 112 Å². The number of carbonyl (C=O) groups excluding carboxylic acids is 1. The maximum Gasteiger partial charge on any atom is 0.238 e. The van der Waals surface area contributed by atoms with Gasteiger partial charge in [0.2, 0.25) is 5.91 Å². The third-order valence-corrected chi connectivity index (χ3v) is 3.16. The summed E-state index contributed by atoms with van der Waals surface area (Å²) in [4.78, 5) is 11.7. The van der Waals surface area contributed by atoms with E-state index in [9.17, 15) is 4.79 Å². The molecular formula is C13H17ClN2O2. The fourth-order valence-electron chi connectivity index (χ4n) is 1.65. The normalized spacial score (nSPS) is 14.3. The minimum atomic E-state index is -0.0555. The molecule has 0 aliphatic heterocycles. The molecule has 5 heteroatoms. The lowest BCUT2D eigenvalue weighted by molar-refractivity contribution is -0.115. The van der Waals surface area contributed by atoms with E-state index in [0.29, 0.717) is 23.0 Å². The molecule has 0 heterocycles. The first-order valence-corrected chi connectivity index (χ1v) is 6.41. The number of hydrogen-bond acceptors (Lipinski definition) is 3. The summed E-state index contributed by atoms with van der Waals surface area (Å²) in [6, 6.07) is 5.17. The van der Waals surface area contributed by atoms with Crippen LogP contribution >= 0.6 is 11.6 Å². The van der Waals surface area contributed by atoms with Crippen molar-refractivity contribution in [2.45, 2.75) is 12.8 Å². The molecule has 0 saturated heterocycles. The smallest absolute Gasteiger partial charge is 0.238 e. The van der Waals surface area contributed by atoms with Crippen LogP contribution in [0.2, 0.25) is 5.02 Å². The summed E-state index contributed by atoms with van der Waals surface area (Å²) in [5.41, 5.74) is 0.689. The lowest BCUT2D eigenvalue weighted by Crippen LogP contribution is -2.29. The first-order chi connectivity index (χ1) is 8.69. The molecule has 1 fully saturated rings. The van der Waals surface area contributed by atoms with Crippen LogP contribution < -0.4 is 15.4 Å². The molecule has 4 nitrogen and oxygen atoms in total. The van der Waals surface area contributed by atoms with Gasteiger partial charge in [0.05, 0.1) is 18.7 Å². The number of carbonyl (C=O) groups is 1. The summed E-state index contributed by atoms with van der Waals surface area (Å²) >= 11 is 5.91. The van der Waals surface area contributed by atoms with Crippen LogP contribution in [0.4, 0.5) is 5.69 Å². The Bertz CT molecular complexity index is 433. The van der Waals surface area contributed by atoms with E-state index in [1.165, 1.54) is 12.8 Å². The first kappa shape index (κ1) is 13.2. The fraction of sp³-hybridized carbons (Fsp3) is 0.462. The number of amides is 1. The molecule has 1 aliphatic rings. The summed E-state index contributed by atoms with van der Waals surface area (Å²) in [6.07, 6.45) is 2.56. The molecule has 2 N–H and O–H groups in total. The van der Waals surface area contributed by atoms with Crippen molar-refractivity contribution in [1.29, 1.82) is 0 Å². The Morgan fingerprint density at radius 1 is 1.50 bits per heavy atom. The minimum absolute atomic E-state index is 0.0555. The number of hydrogen-bond donors (Lipinski definition) is 2. The zero-order valence-electron chi connectivity index (χ0n) is 10.3. The second kappa shape index (κ2) is 6.07. The van der Waals surface area contributed by atoms with Crippen molar-refractivity contribution in [1.82, 2.24) is 5.32 Å². The summed E-state index contributed by atoms with van der Waals surface area (Å²) in [5.74, 6) is 1.27. The topological polar surface area (TPSA) is 50.4 Å². The van der Waals surface area contributed by atoms with E-state index < -0.39 is 0 Å². The average molecular weight is 269 g/mol. The molecule has 0 bridgehead atoms. The Morgan fingerprint density at radius 2 is 2.28 bits per heavy atom. The van der Waals surface area contributed by atoms with Gasteiger partial charge in [-0.25, -0.2) is 0 Å². The van der Waals surface area contributed by atoms with Gasteiger partial charge in [-0.15, -0.1) is 0 Å². The molecule has 0 unspecified atom stereocenters. The van der Waals surface area contributed by atoms with Crippen LogP contribution in [0.15, 0.2) is 18.2 Å².